The molecule has 0 amide bonds. The minimum atomic E-state index is 0.459. The molecule has 0 unspecified atom stereocenters. The van der Waals surface area contributed by atoms with Crippen molar-refractivity contribution in [3.05, 3.63) is 29.8 Å². The summed E-state index contributed by atoms with van der Waals surface area (Å²) >= 11 is 0. The summed E-state index contributed by atoms with van der Waals surface area (Å²) in [6.45, 7) is 15.5. The van der Waals surface area contributed by atoms with Crippen molar-refractivity contribution in [1.82, 2.24) is 15.5 Å². The van der Waals surface area contributed by atoms with Gasteiger partial charge in [0.1, 0.15) is 12.4 Å². The third-order valence-corrected chi connectivity index (χ3v) is 5.10. The van der Waals surface area contributed by atoms with E-state index in [1.807, 2.05) is 12.1 Å². The van der Waals surface area contributed by atoms with Crippen LogP contribution in [0.5, 0.6) is 5.75 Å². The fourth-order valence-electron chi connectivity index (χ4n) is 3.48. The molecule has 0 spiro atoms. The number of ether oxygens (including phenoxy) is 1. The molecule has 1 aliphatic rings. The average molecular weight is 375 g/mol. The van der Waals surface area contributed by atoms with Crippen LogP contribution in [0.1, 0.15) is 58.9 Å². The molecule has 1 aromatic rings. The maximum atomic E-state index is 5.99. The van der Waals surface area contributed by atoms with Crippen LogP contribution in [0.2, 0.25) is 0 Å². The van der Waals surface area contributed by atoms with Crippen molar-refractivity contribution in [2.24, 2.45) is 4.99 Å². The molecule has 152 valence electrons. The van der Waals surface area contributed by atoms with Gasteiger partial charge in [0.2, 0.25) is 0 Å². The van der Waals surface area contributed by atoms with Gasteiger partial charge in [0.25, 0.3) is 0 Å². The van der Waals surface area contributed by atoms with Gasteiger partial charge in [-0.25, -0.2) is 4.99 Å². The quantitative estimate of drug-likeness (QED) is 0.415. The lowest BCUT2D eigenvalue weighted by atomic mass is 10.0. The summed E-state index contributed by atoms with van der Waals surface area (Å²) in [5.74, 6) is 2.34. The zero-order chi connectivity index (χ0) is 19.6. The first-order valence-corrected chi connectivity index (χ1v) is 10.5. The molecule has 0 bridgehead atoms. The fourth-order valence-corrected chi connectivity index (χ4v) is 3.48. The predicted octanol–water partition coefficient (Wildman–Crippen LogP) is 3.62. The molecule has 2 N–H and O–H groups in total. The van der Waals surface area contributed by atoms with Crippen LogP contribution in [0.15, 0.2) is 29.3 Å². The Hall–Kier alpha value is -1.75. The maximum Gasteiger partial charge on any atom is 0.191 e. The lowest BCUT2D eigenvalue weighted by molar-refractivity contribution is 0.167. The van der Waals surface area contributed by atoms with E-state index in [0.717, 1.165) is 31.3 Å². The topological polar surface area (TPSA) is 48.9 Å². The summed E-state index contributed by atoms with van der Waals surface area (Å²) < 4.78 is 5.99. The van der Waals surface area contributed by atoms with E-state index in [0.29, 0.717) is 31.2 Å². The maximum absolute atomic E-state index is 5.99. The lowest BCUT2D eigenvalue weighted by Crippen LogP contribution is -2.50. The molecule has 1 heterocycles. The van der Waals surface area contributed by atoms with Crippen molar-refractivity contribution in [1.29, 1.82) is 0 Å². The molecule has 0 aliphatic carbocycles. The molecule has 2 rings (SSSR count). The summed E-state index contributed by atoms with van der Waals surface area (Å²) in [4.78, 5) is 7.25. The number of hydrogen-bond donors (Lipinski definition) is 2. The van der Waals surface area contributed by atoms with Gasteiger partial charge in [-0.2, -0.15) is 0 Å². The van der Waals surface area contributed by atoms with Gasteiger partial charge in [0, 0.05) is 31.7 Å². The van der Waals surface area contributed by atoms with Crippen LogP contribution in [-0.4, -0.2) is 55.7 Å². The van der Waals surface area contributed by atoms with Crippen LogP contribution in [0, 0.1) is 0 Å². The monoisotopic (exact) mass is 374 g/mol. The van der Waals surface area contributed by atoms with Crippen LogP contribution in [0.4, 0.5) is 0 Å². The molecular formula is C22H38N4O. The van der Waals surface area contributed by atoms with Gasteiger partial charge < -0.3 is 20.3 Å². The number of likely N-dealkylation sites (tertiary alicyclic amines) is 1. The first-order valence-electron chi connectivity index (χ1n) is 10.5. The predicted molar refractivity (Wildman–Crippen MR) is 115 cm³/mol. The first-order chi connectivity index (χ1) is 13.0. The Labute approximate surface area is 165 Å². The van der Waals surface area contributed by atoms with Gasteiger partial charge >= 0.3 is 0 Å². The first kappa shape index (κ1) is 21.5. The molecule has 0 atom stereocenters. The van der Waals surface area contributed by atoms with Gasteiger partial charge in [0.15, 0.2) is 5.96 Å². The number of guanidine groups is 1. The van der Waals surface area contributed by atoms with E-state index in [-0.39, 0.29) is 0 Å². The largest absolute Gasteiger partial charge is 0.491 e. The molecule has 5 heteroatoms. The van der Waals surface area contributed by atoms with Gasteiger partial charge in [-0.15, -0.1) is 0 Å². The van der Waals surface area contributed by atoms with Crippen molar-refractivity contribution in [3.8, 4) is 5.75 Å². The van der Waals surface area contributed by atoms with E-state index in [1.165, 1.54) is 18.4 Å². The SMILES string of the molecule is CCNC(=NCCOc1ccccc1C(C)C)NC1CCN(C(C)C)CC1. The molecule has 1 saturated heterocycles. The Kier molecular flexibility index (Phi) is 8.92. The number of nitrogens with zero attached hydrogens (tertiary/aromatic N) is 2. The highest BCUT2D eigenvalue weighted by molar-refractivity contribution is 5.80. The van der Waals surface area contributed by atoms with E-state index < -0.39 is 0 Å². The lowest BCUT2D eigenvalue weighted by Gasteiger charge is -2.35. The standard InChI is InChI=1S/C22H38N4O/c1-6-23-22(25-19-11-14-26(15-12-19)18(4)5)24-13-16-27-21-10-8-7-9-20(21)17(2)3/h7-10,17-19H,6,11-16H2,1-5H3,(H2,23,24,25). The van der Waals surface area contributed by atoms with Crippen LogP contribution in [-0.2, 0) is 0 Å². The Morgan fingerprint density at radius 3 is 2.52 bits per heavy atom. The van der Waals surface area contributed by atoms with Gasteiger partial charge in [-0.1, -0.05) is 32.0 Å². The summed E-state index contributed by atoms with van der Waals surface area (Å²) in [6, 6.07) is 9.42. The molecule has 1 fully saturated rings. The van der Waals surface area contributed by atoms with Crippen molar-refractivity contribution < 1.29 is 4.74 Å². The minimum Gasteiger partial charge on any atom is -0.491 e. The van der Waals surface area contributed by atoms with E-state index in [2.05, 4.69) is 62.3 Å². The van der Waals surface area contributed by atoms with Gasteiger partial charge in [-0.3, -0.25) is 0 Å². The van der Waals surface area contributed by atoms with Crippen molar-refractivity contribution in [3.63, 3.8) is 0 Å². The number of rotatable bonds is 8. The normalized spacial score (nSPS) is 16.8. The number of benzene rings is 1. The second-order valence-corrected chi connectivity index (χ2v) is 7.85. The molecule has 0 aromatic heterocycles. The highest BCUT2D eigenvalue weighted by atomic mass is 16.5. The molecule has 1 aliphatic heterocycles. The van der Waals surface area contributed by atoms with E-state index >= 15 is 0 Å². The van der Waals surface area contributed by atoms with Gasteiger partial charge in [-0.05, 0) is 51.2 Å². The summed E-state index contributed by atoms with van der Waals surface area (Å²) in [6.07, 6.45) is 2.34. The number of piperidine rings is 1. The number of nitrogens with one attached hydrogen (secondary N) is 2. The third kappa shape index (κ3) is 7.06. The zero-order valence-corrected chi connectivity index (χ0v) is 17.8. The number of para-hydroxylation sites is 1. The highest BCUT2D eigenvalue weighted by Crippen LogP contribution is 2.25. The Balaban J connectivity index is 1.82. The third-order valence-electron chi connectivity index (χ3n) is 5.10. The number of aliphatic imine (C=N–C) groups is 1. The van der Waals surface area contributed by atoms with Gasteiger partial charge in [0.05, 0.1) is 6.54 Å². The van der Waals surface area contributed by atoms with Crippen LogP contribution in [0.25, 0.3) is 0 Å². The van der Waals surface area contributed by atoms with Crippen LogP contribution < -0.4 is 15.4 Å². The highest BCUT2D eigenvalue weighted by Gasteiger charge is 2.21. The molecule has 0 radical (unpaired) electrons. The van der Waals surface area contributed by atoms with Crippen molar-refractivity contribution in [2.75, 3.05) is 32.8 Å². The summed E-state index contributed by atoms with van der Waals surface area (Å²) in [5.41, 5.74) is 1.25. The minimum absolute atomic E-state index is 0.459. The Bertz CT molecular complexity index is 577. The van der Waals surface area contributed by atoms with Crippen molar-refractivity contribution >= 4 is 5.96 Å². The summed E-state index contributed by atoms with van der Waals surface area (Å²) in [7, 11) is 0. The molecule has 0 saturated carbocycles. The molecule has 1 aromatic carbocycles. The fraction of sp³-hybridized carbons (Fsp3) is 0.682. The van der Waals surface area contributed by atoms with E-state index in [9.17, 15) is 0 Å². The summed E-state index contributed by atoms with van der Waals surface area (Å²) in [5, 5.41) is 6.96. The molecule has 27 heavy (non-hydrogen) atoms. The molecule has 5 nitrogen and oxygen atoms in total. The zero-order valence-electron chi connectivity index (χ0n) is 17.8. The van der Waals surface area contributed by atoms with Crippen LogP contribution in [0.3, 0.4) is 0 Å². The number of hydrogen-bond acceptors (Lipinski definition) is 3. The Morgan fingerprint density at radius 1 is 1.19 bits per heavy atom. The van der Waals surface area contributed by atoms with Crippen LogP contribution >= 0.6 is 0 Å². The Morgan fingerprint density at radius 2 is 1.89 bits per heavy atom. The molecular weight excluding hydrogens is 336 g/mol. The van der Waals surface area contributed by atoms with Crippen molar-refractivity contribution in [2.45, 2.75) is 65.5 Å². The average Bonchev–Trinajstić information content (AvgIpc) is 2.66. The second kappa shape index (κ2) is 11.2. The van der Waals surface area contributed by atoms with E-state index in [4.69, 9.17) is 9.73 Å². The second-order valence-electron chi connectivity index (χ2n) is 7.85. The van der Waals surface area contributed by atoms with E-state index in [1.54, 1.807) is 0 Å². The smallest absolute Gasteiger partial charge is 0.191 e.